The lowest BCUT2D eigenvalue weighted by molar-refractivity contribution is -0.346. The van der Waals surface area contributed by atoms with E-state index in [0.717, 1.165) is 38.7 Å². The molecule has 0 aromatic rings. The summed E-state index contributed by atoms with van der Waals surface area (Å²) in [5.41, 5.74) is -0.862. The maximum atomic E-state index is 12.9. The smallest absolute Gasteiger partial charge is 0.175 e. The van der Waals surface area contributed by atoms with Crippen LogP contribution < -0.4 is 0 Å². The maximum absolute atomic E-state index is 12.9. The lowest BCUT2D eigenvalue weighted by Crippen LogP contribution is -2.66. The van der Waals surface area contributed by atoms with Gasteiger partial charge in [0.25, 0.3) is 0 Å². The molecule has 1 N–H and O–H groups in total. The Morgan fingerprint density at radius 1 is 1.09 bits per heavy atom. The summed E-state index contributed by atoms with van der Waals surface area (Å²) in [6.45, 7) is 16.6. The predicted octanol–water partition coefficient (Wildman–Crippen LogP) is 5.92. The molecule has 0 radical (unpaired) electrons. The Hall–Kier alpha value is -0.710. The Morgan fingerprint density at radius 2 is 1.82 bits per heavy atom. The van der Waals surface area contributed by atoms with Gasteiger partial charge in [-0.2, -0.15) is 0 Å². The molecule has 4 heteroatoms. The van der Waals surface area contributed by atoms with Crippen molar-refractivity contribution in [1.82, 2.24) is 0 Å². The first-order valence-electron chi connectivity index (χ1n) is 14.0. The highest BCUT2D eigenvalue weighted by Crippen LogP contribution is 2.79. The zero-order chi connectivity index (χ0) is 24.5. The molecule has 4 nitrogen and oxygen atoms in total. The van der Waals surface area contributed by atoms with Gasteiger partial charge in [-0.15, -0.1) is 0 Å². The van der Waals surface area contributed by atoms with Gasteiger partial charge < -0.3 is 14.6 Å². The highest BCUT2D eigenvalue weighted by atomic mass is 16.7. The average Bonchev–Trinajstić information content (AvgIpc) is 3.22. The van der Waals surface area contributed by atoms with Crippen molar-refractivity contribution in [2.75, 3.05) is 6.61 Å². The second-order valence-electron chi connectivity index (χ2n) is 14.9. The quantitative estimate of drug-likeness (QED) is 0.544. The van der Waals surface area contributed by atoms with Crippen LogP contribution in [0.4, 0.5) is 0 Å². The Balaban J connectivity index is 1.41. The molecule has 190 valence electrons. The first kappa shape index (κ1) is 23.7. The summed E-state index contributed by atoms with van der Waals surface area (Å²) >= 11 is 0. The molecule has 3 saturated carbocycles. The van der Waals surface area contributed by atoms with Crippen LogP contribution in [0, 0.1) is 51.2 Å². The lowest BCUT2D eigenvalue weighted by atomic mass is 9.36. The minimum absolute atomic E-state index is 0.0250. The van der Waals surface area contributed by atoms with Gasteiger partial charge in [0.1, 0.15) is 0 Å². The molecule has 0 aromatic heterocycles. The van der Waals surface area contributed by atoms with Crippen LogP contribution in [0.15, 0.2) is 12.2 Å². The van der Waals surface area contributed by atoms with E-state index in [1.54, 1.807) is 0 Å². The van der Waals surface area contributed by atoms with Crippen molar-refractivity contribution in [2.45, 2.75) is 111 Å². The summed E-state index contributed by atoms with van der Waals surface area (Å²) in [5.74, 6) is 1.61. The molecule has 4 aliphatic carbocycles. The number of aliphatic hydroxyl groups is 1. The van der Waals surface area contributed by atoms with Crippen LogP contribution in [-0.2, 0) is 14.3 Å². The van der Waals surface area contributed by atoms with E-state index in [4.69, 9.17) is 9.47 Å². The molecule has 34 heavy (non-hydrogen) atoms. The number of carbonyl (C=O) groups excluding carboxylic acids is 1. The van der Waals surface area contributed by atoms with E-state index in [1.165, 1.54) is 6.42 Å². The van der Waals surface area contributed by atoms with E-state index in [0.29, 0.717) is 35.9 Å². The molecule has 2 heterocycles. The summed E-state index contributed by atoms with van der Waals surface area (Å²) in [7, 11) is 0. The van der Waals surface area contributed by atoms with Gasteiger partial charge >= 0.3 is 0 Å². The van der Waals surface area contributed by atoms with Crippen LogP contribution >= 0.6 is 0 Å². The first-order valence-corrected chi connectivity index (χ1v) is 14.0. The summed E-state index contributed by atoms with van der Waals surface area (Å²) in [6.07, 6.45) is 11.4. The minimum Gasteiger partial charge on any atom is -0.390 e. The molecule has 10 atom stereocenters. The summed E-state index contributed by atoms with van der Waals surface area (Å²) in [6, 6.07) is 0. The Morgan fingerprint density at radius 3 is 2.53 bits per heavy atom. The van der Waals surface area contributed by atoms with Gasteiger partial charge in [-0.05, 0) is 79.6 Å². The van der Waals surface area contributed by atoms with Gasteiger partial charge in [-0.3, -0.25) is 4.79 Å². The molecule has 6 aliphatic rings. The van der Waals surface area contributed by atoms with E-state index in [-0.39, 0.29) is 33.7 Å². The van der Waals surface area contributed by atoms with E-state index >= 15 is 0 Å². The van der Waals surface area contributed by atoms with E-state index < -0.39 is 11.4 Å². The van der Waals surface area contributed by atoms with Gasteiger partial charge in [-0.1, -0.05) is 47.6 Å². The fourth-order valence-electron chi connectivity index (χ4n) is 11.2. The Bertz CT molecular complexity index is 934. The minimum atomic E-state index is -0.756. The van der Waals surface area contributed by atoms with Gasteiger partial charge in [0.05, 0.1) is 18.3 Å². The molecular weight excluding hydrogens is 424 g/mol. The molecule has 2 spiro atoms. The summed E-state index contributed by atoms with van der Waals surface area (Å²) in [5, 5.41) is 11.9. The van der Waals surface area contributed by atoms with Crippen LogP contribution in [0.3, 0.4) is 0 Å². The molecule has 2 aliphatic heterocycles. The van der Waals surface area contributed by atoms with Crippen LogP contribution in [0.2, 0.25) is 0 Å². The number of hydrogen-bond donors (Lipinski definition) is 1. The SMILES string of the molecule is CC(C)C[C@@H]1C[C@](C)(O)[C@@H]2[C@H]3CC[C@@H]4[C@@]5(C)C=CC(=O)C(C)(C)[C@@H]5CC[C@@]4(C)[C@@]34CO[C@@]2(C4)O1. The van der Waals surface area contributed by atoms with Crippen LogP contribution in [0.5, 0.6) is 0 Å². The van der Waals surface area contributed by atoms with Crippen molar-refractivity contribution in [3.63, 3.8) is 0 Å². The zero-order valence-corrected chi connectivity index (χ0v) is 22.4. The van der Waals surface area contributed by atoms with Crippen LogP contribution in [0.1, 0.15) is 93.4 Å². The van der Waals surface area contributed by atoms with E-state index in [1.807, 2.05) is 6.08 Å². The molecule has 0 amide bonds. The number of rotatable bonds is 2. The normalized spacial score (nSPS) is 57.2. The van der Waals surface area contributed by atoms with Crippen molar-refractivity contribution in [2.24, 2.45) is 51.2 Å². The summed E-state index contributed by atoms with van der Waals surface area (Å²) in [4.78, 5) is 12.9. The third-order valence-electron chi connectivity index (χ3n) is 12.4. The summed E-state index contributed by atoms with van der Waals surface area (Å²) < 4.78 is 13.6. The first-order chi connectivity index (χ1) is 15.7. The molecule has 6 rings (SSSR count). The number of ketones is 1. The highest BCUT2D eigenvalue weighted by molar-refractivity contribution is 5.95. The Labute approximate surface area is 206 Å². The molecule has 0 unspecified atom stereocenters. The topological polar surface area (TPSA) is 55.8 Å². The number of ether oxygens (including phenoxy) is 2. The highest BCUT2D eigenvalue weighted by Gasteiger charge is 2.80. The van der Waals surface area contributed by atoms with Crippen LogP contribution in [0.25, 0.3) is 0 Å². The van der Waals surface area contributed by atoms with Gasteiger partial charge in [0.2, 0.25) is 0 Å². The number of allylic oxidation sites excluding steroid dienone is 2. The Kier molecular flexibility index (Phi) is 4.72. The second-order valence-corrected chi connectivity index (χ2v) is 14.9. The fourth-order valence-corrected chi connectivity index (χ4v) is 11.2. The number of carbonyl (C=O) groups is 1. The number of hydrogen-bond acceptors (Lipinski definition) is 4. The third kappa shape index (κ3) is 2.64. The molecule has 5 fully saturated rings. The van der Waals surface area contributed by atoms with Crippen molar-refractivity contribution in [3.8, 4) is 0 Å². The van der Waals surface area contributed by atoms with Crippen molar-refractivity contribution < 1.29 is 19.4 Å². The molecule has 2 saturated heterocycles. The fraction of sp³-hybridized carbons (Fsp3) is 0.900. The van der Waals surface area contributed by atoms with Crippen molar-refractivity contribution in [1.29, 1.82) is 0 Å². The van der Waals surface area contributed by atoms with Crippen LogP contribution in [-0.4, -0.2) is 35.0 Å². The van der Waals surface area contributed by atoms with Crippen molar-refractivity contribution in [3.05, 3.63) is 12.2 Å². The van der Waals surface area contributed by atoms with Crippen molar-refractivity contribution >= 4 is 5.78 Å². The van der Waals surface area contributed by atoms with E-state index in [9.17, 15) is 9.90 Å². The maximum Gasteiger partial charge on any atom is 0.175 e. The van der Waals surface area contributed by atoms with Gasteiger partial charge in [0.15, 0.2) is 11.6 Å². The average molecular weight is 471 g/mol. The van der Waals surface area contributed by atoms with E-state index in [2.05, 4.69) is 54.5 Å². The van der Waals surface area contributed by atoms with Gasteiger partial charge in [0, 0.05) is 29.6 Å². The zero-order valence-electron chi connectivity index (χ0n) is 22.4. The second kappa shape index (κ2) is 6.78. The monoisotopic (exact) mass is 470 g/mol. The largest absolute Gasteiger partial charge is 0.390 e. The lowest BCUT2D eigenvalue weighted by Gasteiger charge is -2.68. The van der Waals surface area contributed by atoms with Gasteiger partial charge in [-0.25, -0.2) is 0 Å². The third-order valence-corrected chi connectivity index (χ3v) is 12.4. The molecule has 2 bridgehead atoms. The molecular formula is C30H46O4. The molecule has 0 aromatic carbocycles. The standard InChI is InChI=1S/C30H46O4/c1-18(2)14-19-15-28(7,32)24-20-8-9-22-26(5)12-11-23(31)25(3,4)21(26)10-13-27(22,6)29(20)16-30(24,34-19)33-17-29/h11-12,18-22,24,32H,8-10,13-17H2,1-7H3/t19-,20-,21+,22-,24+,26+,27-,28+,29+,30+/m1/s1. The number of fused-ring (bicyclic) bond motifs is 4. The predicted molar refractivity (Wildman–Crippen MR) is 132 cm³/mol.